The summed E-state index contributed by atoms with van der Waals surface area (Å²) >= 11 is 0. The Bertz CT molecular complexity index is 475. The number of rotatable bonds is 3. The Balaban J connectivity index is 2.10. The summed E-state index contributed by atoms with van der Waals surface area (Å²) in [5.41, 5.74) is 1.63. The summed E-state index contributed by atoms with van der Waals surface area (Å²) in [5, 5.41) is 4.69. The minimum Gasteiger partial charge on any atom is -0.346 e. The van der Waals surface area contributed by atoms with Crippen molar-refractivity contribution in [1.82, 2.24) is 5.32 Å². The molecule has 2 N–H and O–H groups in total. The van der Waals surface area contributed by atoms with E-state index in [1.807, 2.05) is 0 Å². The van der Waals surface area contributed by atoms with Gasteiger partial charge in [0.1, 0.15) is 0 Å². The number of hydrogen-bond donors (Lipinski definition) is 2. The molecule has 4 nitrogen and oxygen atoms in total. The fourth-order valence-electron chi connectivity index (χ4n) is 1.63. The zero-order valence-corrected chi connectivity index (χ0v) is 8.80. The van der Waals surface area contributed by atoms with Crippen LogP contribution < -0.4 is 10.6 Å². The van der Waals surface area contributed by atoms with Gasteiger partial charge in [0.15, 0.2) is 0 Å². The summed E-state index contributed by atoms with van der Waals surface area (Å²) in [5.74, 6) is -0.709. The molecule has 0 bridgehead atoms. The first-order valence-corrected chi connectivity index (χ1v) is 5.05. The van der Waals surface area contributed by atoms with Gasteiger partial charge in [-0.3, -0.25) is 9.59 Å². The maximum atomic E-state index is 11.9. The Morgan fingerprint density at radius 1 is 1.47 bits per heavy atom. The van der Waals surface area contributed by atoms with E-state index in [4.69, 9.17) is 0 Å². The highest BCUT2D eigenvalue weighted by Gasteiger charge is 2.19. The molecule has 0 aliphatic carbocycles. The average Bonchev–Trinajstić information content (AvgIpc) is 2.64. The Morgan fingerprint density at radius 3 is 2.94 bits per heavy atom. The number of halogens is 2. The first kappa shape index (κ1) is 11.5. The summed E-state index contributed by atoms with van der Waals surface area (Å²) in [6, 6.07) is 4.64. The van der Waals surface area contributed by atoms with Crippen LogP contribution >= 0.6 is 0 Å². The lowest BCUT2D eigenvalue weighted by molar-refractivity contribution is -0.115. The molecule has 0 saturated carbocycles. The van der Waals surface area contributed by atoms with Gasteiger partial charge in [0.25, 0.3) is 12.3 Å². The topological polar surface area (TPSA) is 58.2 Å². The van der Waals surface area contributed by atoms with Crippen LogP contribution in [0.25, 0.3) is 0 Å². The van der Waals surface area contributed by atoms with Gasteiger partial charge >= 0.3 is 0 Å². The lowest BCUT2D eigenvalue weighted by Crippen LogP contribution is -2.28. The van der Waals surface area contributed by atoms with E-state index in [-0.39, 0.29) is 17.9 Å². The highest BCUT2D eigenvalue weighted by molar-refractivity contribution is 6.02. The number of fused-ring (bicyclic) bond motifs is 1. The van der Waals surface area contributed by atoms with Crippen LogP contribution in [-0.2, 0) is 11.2 Å². The number of hydrogen-bond acceptors (Lipinski definition) is 2. The molecule has 0 aromatic heterocycles. The normalized spacial score (nSPS) is 13.5. The summed E-state index contributed by atoms with van der Waals surface area (Å²) < 4.78 is 23.8. The molecule has 1 aliphatic heterocycles. The fraction of sp³-hybridized carbons (Fsp3) is 0.273. The van der Waals surface area contributed by atoms with Gasteiger partial charge in [-0.15, -0.1) is 0 Å². The number of anilines is 1. The lowest BCUT2D eigenvalue weighted by atomic mass is 10.1. The Morgan fingerprint density at radius 2 is 2.24 bits per heavy atom. The molecule has 0 fully saturated rings. The molecule has 0 radical (unpaired) electrons. The van der Waals surface area contributed by atoms with E-state index in [2.05, 4.69) is 10.6 Å². The second-order valence-corrected chi connectivity index (χ2v) is 3.70. The van der Waals surface area contributed by atoms with Crippen molar-refractivity contribution >= 4 is 17.5 Å². The highest BCUT2D eigenvalue weighted by Crippen LogP contribution is 2.23. The van der Waals surface area contributed by atoms with E-state index in [1.165, 1.54) is 12.1 Å². The van der Waals surface area contributed by atoms with Crippen molar-refractivity contribution in [3.8, 4) is 0 Å². The van der Waals surface area contributed by atoms with Crippen LogP contribution in [0.5, 0.6) is 0 Å². The fourth-order valence-corrected chi connectivity index (χ4v) is 1.63. The van der Waals surface area contributed by atoms with Crippen molar-refractivity contribution in [2.75, 3.05) is 11.9 Å². The quantitative estimate of drug-likeness (QED) is 0.833. The molecule has 0 saturated heterocycles. The Hall–Kier alpha value is -1.98. The zero-order chi connectivity index (χ0) is 12.4. The first-order chi connectivity index (χ1) is 8.06. The molecule has 1 aromatic rings. The molecular weight excluding hydrogens is 230 g/mol. The number of carbonyl (C=O) groups excluding carboxylic acids is 2. The lowest BCUT2D eigenvalue weighted by Gasteiger charge is -2.06. The van der Waals surface area contributed by atoms with Crippen LogP contribution in [0.2, 0.25) is 0 Å². The monoisotopic (exact) mass is 240 g/mol. The summed E-state index contributed by atoms with van der Waals surface area (Å²) in [6.45, 7) is -0.678. The first-order valence-electron chi connectivity index (χ1n) is 5.05. The van der Waals surface area contributed by atoms with Gasteiger partial charge in [0.2, 0.25) is 5.91 Å². The van der Waals surface area contributed by atoms with E-state index >= 15 is 0 Å². The number of carbonyl (C=O) groups is 2. The molecule has 1 heterocycles. The molecule has 0 unspecified atom stereocenters. The average molecular weight is 240 g/mol. The molecule has 0 atom stereocenters. The van der Waals surface area contributed by atoms with Crippen LogP contribution in [0.3, 0.4) is 0 Å². The smallest absolute Gasteiger partial charge is 0.255 e. The molecule has 6 heteroatoms. The van der Waals surface area contributed by atoms with Crippen molar-refractivity contribution < 1.29 is 18.4 Å². The molecular formula is C11H10F2N2O2. The van der Waals surface area contributed by atoms with Gasteiger partial charge in [-0.2, -0.15) is 0 Å². The van der Waals surface area contributed by atoms with Crippen LogP contribution in [-0.4, -0.2) is 24.8 Å². The zero-order valence-electron chi connectivity index (χ0n) is 8.80. The van der Waals surface area contributed by atoms with Crippen molar-refractivity contribution in [3.05, 3.63) is 29.3 Å². The highest BCUT2D eigenvalue weighted by atomic mass is 19.3. The third-order valence-electron chi connectivity index (χ3n) is 2.41. The van der Waals surface area contributed by atoms with Crippen LogP contribution in [0, 0.1) is 0 Å². The second kappa shape index (κ2) is 4.48. The molecule has 2 rings (SSSR count). The summed E-state index contributed by atoms with van der Waals surface area (Å²) in [4.78, 5) is 22.6. The van der Waals surface area contributed by atoms with E-state index in [0.717, 1.165) is 5.56 Å². The van der Waals surface area contributed by atoms with Gasteiger partial charge in [-0.1, -0.05) is 6.07 Å². The SMILES string of the molecule is O=C1Cc2ccc(C(=O)NCC(F)F)cc2N1. The Labute approximate surface area is 96.0 Å². The molecule has 1 aromatic carbocycles. The molecule has 17 heavy (non-hydrogen) atoms. The van der Waals surface area contributed by atoms with E-state index in [9.17, 15) is 18.4 Å². The molecule has 90 valence electrons. The van der Waals surface area contributed by atoms with Gasteiger partial charge in [0, 0.05) is 11.3 Å². The predicted octanol–water partition coefficient (Wildman–Crippen LogP) is 1.18. The number of amides is 2. The van der Waals surface area contributed by atoms with Crippen molar-refractivity contribution in [2.45, 2.75) is 12.8 Å². The minimum absolute atomic E-state index is 0.134. The number of alkyl halides is 2. The molecule has 0 spiro atoms. The van der Waals surface area contributed by atoms with Gasteiger partial charge < -0.3 is 10.6 Å². The maximum Gasteiger partial charge on any atom is 0.255 e. The maximum absolute atomic E-state index is 11.9. The number of benzene rings is 1. The van der Waals surface area contributed by atoms with E-state index in [0.29, 0.717) is 5.69 Å². The van der Waals surface area contributed by atoms with Crippen LogP contribution in [0.4, 0.5) is 14.5 Å². The van der Waals surface area contributed by atoms with E-state index in [1.54, 1.807) is 6.07 Å². The van der Waals surface area contributed by atoms with Gasteiger partial charge in [-0.25, -0.2) is 8.78 Å². The van der Waals surface area contributed by atoms with Crippen LogP contribution in [0.15, 0.2) is 18.2 Å². The molecule has 2 amide bonds. The third-order valence-corrected chi connectivity index (χ3v) is 2.41. The van der Waals surface area contributed by atoms with Crippen molar-refractivity contribution in [2.24, 2.45) is 0 Å². The standard InChI is InChI=1S/C11H10F2N2O2/c12-9(13)5-14-11(17)7-2-1-6-4-10(16)15-8(6)3-7/h1-3,9H,4-5H2,(H,14,17)(H,15,16). The van der Waals surface area contributed by atoms with Crippen LogP contribution in [0.1, 0.15) is 15.9 Å². The van der Waals surface area contributed by atoms with Crippen molar-refractivity contribution in [1.29, 1.82) is 0 Å². The predicted molar refractivity (Wildman–Crippen MR) is 57.1 cm³/mol. The van der Waals surface area contributed by atoms with Crippen molar-refractivity contribution in [3.63, 3.8) is 0 Å². The minimum atomic E-state index is -2.58. The third kappa shape index (κ3) is 2.58. The van der Waals surface area contributed by atoms with E-state index < -0.39 is 18.9 Å². The van der Waals surface area contributed by atoms with Gasteiger partial charge in [0.05, 0.1) is 13.0 Å². The Kier molecular flexibility index (Phi) is 3.03. The summed E-state index contributed by atoms with van der Waals surface area (Å²) in [6.07, 6.45) is -2.29. The largest absolute Gasteiger partial charge is 0.346 e. The number of nitrogens with one attached hydrogen (secondary N) is 2. The summed E-state index contributed by atoms with van der Waals surface area (Å²) in [7, 11) is 0. The second-order valence-electron chi connectivity index (χ2n) is 3.70. The molecule has 1 aliphatic rings. The van der Waals surface area contributed by atoms with Gasteiger partial charge in [-0.05, 0) is 17.7 Å².